The Balaban J connectivity index is 1.54. The van der Waals surface area contributed by atoms with E-state index in [0.29, 0.717) is 25.3 Å². The summed E-state index contributed by atoms with van der Waals surface area (Å²) in [5, 5.41) is 9.57. The number of hydrogen-bond donors (Lipinski definition) is 0. The van der Waals surface area contributed by atoms with E-state index in [0.717, 1.165) is 50.5 Å². The standard InChI is InChI=1S/C22H32N6O2/c1-21(2,3)30-20(29)27-11-12-28(22(16-27)5-6-22)19-14-18(13-17(15-23)24-19)26-9-7-25(4)8-10-26/h13-14H,5-12,16H2,1-4H3. The highest BCUT2D eigenvalue weighted by molar-refractivity contribution is 5.70. The molecule has 2 saturated heterocycles. The molecule has 3 fully saturated rings. The Hall–Kier alpha value is -2.53. The molecule has 3 heterocycles. The predicted octanol–water partition coefficient (Wildman–Crippen LogP) is 2.29. The van der Waals surface area contributed by atoms with Crippen LogP contribution in [0, 0.1) is 11.3 Å². The molecular weight excluding hydrogens is 380 g/mol. The van der Waals surface area contributed by atoms with E-state index in [2.05, 4.69) is 38.9 Å². The van der Waals surface area contributed by atoms with Crippen molar-refractivity contribution < 1.29 is 9.53 Å². The van der Waals surface area contributed by atoms with E-state index in [1.54, 1.807) is 0 Å². The minimum absolute atomic E-state index is 0.0877. The third kappa shape index (κ3) is 4.31. The van der Waals surface area contributed by atoms with Gasteiger partial charge < -0.3 is 24.3 Å². The fraction of sp³-hybridized carbons (Fsp3) is 0.682. The van der Waals surface area contributed by atoms with E-state index in [9.17, 15) is 10.1 Å². The van der Waals surface area contributed by atoms with Crippen molar-refractivity contribution in [2.24, 2.45) is 0 Å². The highest BCUT2D eigenvalue weighted by atomic mass is 16.6. The summed E-state index contributed by atoms with van der Waals surface area (Å²) in [4.78, 5) is 26.0. The highest BCUT2D eigenvalue weighted by Crippen LogP contribution is 2.46. The molecule has 0 radical (unpaired) electrons. The Labute approximate surface area is 179 Å². The molecule has 8 heteroatoms. The van der Waals surface area contributed by atoms with Crippen molar-refractivity contribution in [3.63, 3.8) is 0 Å². The molecule has 0 unspecified atom stereocenters. The number of aromatic nitrogens is 1. The van der Waals surface area contributed by atoms with Crippen molar-refractivity contribution in [1.29, 1.82) is 5.26 Å². The van der Waals surface area contributed by atoms with Gasteiger partial charge in [0.05, 0.1) is 5.54 Å². The first-order chi connectivity index (χ1) is 14.2. The second-order valence-electron chi connectivity index (χ2n) is 9.75. The number of nitrogens with zero attached hydrogens (tertiary/aromatic N) is 6. The third-order valence-electron chi connectivity index (χ3n) is 6.19. The normalized spacial score (nSPS) is 21.5. The van der Waals surface area contributed by atoms with E-state index in [4.69, 9.17) is 4.74 Å². The average molecular weight is 413 g/mol. The van der Waals surface area contributed by atoms with Crippen LogP contribution in [0.25, 0.3) is 0 Å². The number of amides is 1. The molecule has 1 aromatic rings. The van der Waals surface area contributed by atoms with Gasteiger partial charge in [0.1, 0.15) is 23.2 Å². The summed E-state index contributed by atoms with van der Waals surface area (Å²) < 4.78 is 5.58. The van der Waals surface area contributed by atoms with Gasteiger partial charge in [-0.25, -0.2) is 9.78 Å². The lowest BCUT2D eigenvalue weighted by Gasteiger charge is -2.43. The van der Waals surface area contributed by atoms with Crippen LogP contribution >= 0.6 is 0 Å². The summed E-state index contributed by atoms with van der Waals surface area (Å²) in [6.45, 7) is 11.5. The van der Waals surface area contributed by atoms with Crippen molar-refractivity contribution in [3.8, 4) is 6.07 Å². The van der Waals surface area contributed by atoms with E-state index in [-0.39, 0.29) is 11.6 Å². The molecule has 1 aliphatic carbocycles. The number of likely N-dealkylation sites (N-methyl/N-ethyl adjacent to an activating group) is 1. The predicted molar refractivity (Wildman–Crippen MR) is 116 cm³/mol. The molecule has 4 rings (SSSR count). The van der Waals surface area contributed by atoms with Crippen LogP contribution in [0.3, 0.4) is 0 Å². The zero-order chi connectivity index (χ0) is 21.5. The van der Waals surface area contributed by atoms with Crippen LogP contribution in [0.1, 0.15) is 39.3 Å². The Kier molecular flexibility index (Phi) is 5.27. The molecule has 0 N–H and O–H groups in total. The first-order valence-corrected chi connectivity index (χ1v) is 10.8. The lowest BCUT2D eigenvalue weighted by Crippen LogP contribution is -2.57. The smallest absolute Gasteiger partial charge is 0.410 e. The number of hydrogen-bond acceptors (Lipinski definition) is 7. The Morgan fingerprint density at radius 2 is 1.83 bits per heavy atom. The quantitative estimate of drug-likeness (QED) is 0.738. The maximum atomic E-state index is 12.6. The summed E-state index contributed by atoms with van der Waals surface area (Å²) in [5.74, 6) is 0.851. The van der Waals surface area contributed by atoms with Gasteiger partial charge in [-0.15, -0.1) is 0 Å². The Bertz CT molecular complexity index is 846. The molecule has 2 aliphatic heterocycles. The number of ether oxygens (including phenoxy) is 1. The minimum Gasteiger partial charge on any atom is -0.444 e. The summed E-state index contributed by atoms with van der Waals surface area (Å²) >= 11 is 0. The summed E-state index contributed by atoms with van der Waals surface area (Å²) in [6, 6.07) is 6.25. The lowest BCUT2D eigenvalue weighted by molar-refractivity contribution is 0.0205. The second kappa shape index (κ2) is 7.62. The van der Waals surface area contributed by atoms with Crippen molar-refractivity contribution in [1.82, 2.24) is 14.8 Å². The number of carbonyl (C=O) groups excluding carboxylic acids is 1. The summed E-state index contributed by atoms with van der Waals surface area (Å²) in [7, 11) is 2.14. The molecule has 0 atom stereocenters. The van der Waals surface area contributed by atoms with E-state index in [1.165, 1.54) is 0 Å². The fourth-order valence-electron chi connectivity index (χ4n) is 4.33. The minimum atomic E-state index is -0.495. The fourth-order valence-corrected chi connectivity index (χ4v) is 4.33. The maximum Gasteiger partial charge on any atom is 0.410 e. The number of rotatable bonds is 2. The average Bonchev–Trinajstić information content (AvgIpc) is 3.46. The molecule has 8 nitrogen and oxygen atoms in total. The summed E-state index contributed by atoms with van der Waals surface area (Å²) in [5.41, 5.74) is 0.933. The molecule has 1 spiro atoms. The monoisotopic (exact) mass is 412 g/mol. The number of anilines is 2. The zero-order valence-electron chi connectivity index (χ0n) is 18.5. The van der Waals surface area contributed by atoms with Gasteiger partial charge in [0, 0.05) is 57.6 Å². The van der Waals surface area contributed by atoms with Gasteiger partial charge in [-0.05, 0) is 46.7 Å². The van der Waals surface area contributed by atoms with Crippen LogP contribution in [0.15, 0.2) is 12.1 Å². The molecule has 0 aromatic carbocycles. The molecule has 3 aliphatic rings. The third-order valence-corrected chi connectivity index (χ3v) is 6.19. The Morgan fingerprint density at radius 1 is 1.13 bits per heavy atom. The van der Waals surface area contributed by atoms with E-state index >= 15 is 0 Å². The van der Waals surface area contributed by atoms with Gasteiger partial charge in [0.2, 0.25) is 0 Å². The zero-order valence-corrected chi connectivity index (χ0v) is 18.5. The largest absolute Gasteiger partial charge is 0.444 e. The van der Waals surface area contributed by atoms with Gasteiger partial charge in [-0.2, -0.15) is 5.26 Å². The van der Waals surface area contributed by atoms with Crippen LogP contribution in [-0.2, 0) is 4.74 Å². The Morgan fingerprint density at radius 3 is 2.43 bits per heavy atom. The van der Waals surface area contributed by atoms with Crippen LogP contribution in [-0.4, -0.2) is 84.9 Å². The molecule has 1 aromatic heterocycles. The molecule has 162 valence electrons. The van der Waals surface area contributed by atoms with Crippen molar-refractivity contribution >= 4 is 17.6 Å². The number of pyridine rings is 1. The first-order valence-electron chi connectivity index (χ1n) is 10.8. The van der Waals surface area contributed by atoms with E-state index in [1.807, 2.05) is 31.7 Å². The SMILES string of the molecule is CN1CCN(c2cc(C#N)nc(N3CCN(C(=O)OC(C)(C)C)CC34CC4)c2)CC1. The maximum absolute atomic E-state index is 12.6. The van der Waals surface area contributed by atoms with Crippen LogP contribution in [0.5, 0.6) is 0 Å². The summed E-state index contributed by atoms with van der Waals surface area (Å²) in [6.07, 6.45) is 1.80. The lowest BCUT2D eigenvalue weighted by atomic mass is 10.1. The van der Waals surface area contributed by atoms with Gasteiger partial charge in [-0.3, -0.25) is 0 Å². The molecule has 30 heavy (non-hydrogen) atoms. The van der Waals surface area contributed by atoms with Crippen LogP contribution < -0.4 is 9.80 Å². The highest BCUT2D eigenvalue weighted by Gasteiger charge is 2.53. The molecule has 0 bridgehead atoms. The van der Waals surface area contributed by atoms with Crippen LogP contribution in [0.4, 0.5) is 16.3 Å². The molecular formula is C22H32N6O2. The van der Waals surface area contributed by atoms with Gasteiger partial charge in [-0.1, -0.05) is 0 Å². The van der Waals surface area contributed by atoms with Crippen molar-refractivity contribution in [3.05, 3.63) is 17.8 Å². The topological polar surface area (TPSA) is 75.9 Å². The van der Waals surface area contributed by atoms with Crippen molar-refractivity contribution in [2.45, 2.75) is 44.8 Å². The number of piperazine rings is 2. The number of carbonyl (C=O) groups is 1. The van der Waals surface area contributed by atoms with Crippen LogP contribution in [0.2, 0.25) is 0 Å². The van der Waals surface area contributed by atoms with E-state index < -0.39 is 5.60 Å². The number of nitriles is 1. The van der Waals surface area contributed by atoms with Crippen molar-refractivity contribution in [2.75, 3.05) is 62.7 Å². The van der Waals surface area contributed by atoms with Gasteiger partial charge in [0.25, 0.3) is 0 Å². The van der Waals surface area contributed by atoms with Gasteiger partial charge >= 0.3 is 6.09 Å². The second-order valence-corrected chi connectivity index (χ2v) is 9.75. The molecule has 1 saturated carbocycles. The van der Waals surface area contributed by atoms with Gasteiger partial charge in [0.15, 0.2) is 0 Å². The first kappa shape index (κ1) is 20.7. The molecule has 1 amide bonds.